The molecule has 0 heterocycles. The number of carbonyl (C=O) groups excluding carboxylic acids is 2. The molecule has 0 radical (unpaired) electrons. The average Bonchev–Trinajstić information content (AvgIpc) is 2.46. The van der Waals surface area contributed by atoms with Crippen LogP contribution in [-0.2, 0) is 16.1 Å². The van der Waals surface area contributed by atoms with Crippen LogP contribution in [0.2, 0.25) is 0 Å². The fourth-order valence-electron chi connectivity index (χ4n) is 1.67. The van der Waals surface area contributed by atoms with Crippen LogP contribution in [-0.4, -0.2) is 25.2 Å². The molecule has 5 heteroatoms. The Kier molecular flexibility index (Phi) is 7.87. The highest BCUT2D eigenvalue weighted by molar-refractivity contribution is 5.75. The van der Waals surface area contributed by atoms with Crippen LogP contribution < -0.4 is 10.6 Å². The van der Waals surface area contributed by atoms with Gasteiger partial charge >= 0.3 is 6.09 Å². The van der Waals surface area contributed by atoms with Gasteiger partial charge in [-0.25, -0.2) is 4.79 Å². The summed E-state index contributed by atoms with van der Waals surface area (Å²) in [4.78, 5) is 22.6. The molecule has 1 rings (SSSR count). The Morgan fingerprint density at radius 2 is 1.85 bits per heavy atom. The number of ether oxygens (including phenoxy) is 1. The summed E-state index contributed by atoms with van der Waals surface area (Å²) in [6.45, 7) is 3.22. The molecule has 0 atom stereocenters. The second-order valence-electron chi connectivity index (χ2n) is 4.37. The lowest BCUT2D eigenvalue weighted by Crippen LogP contribution is -2.26. The molecule has 0 unspecified atom stereocenters. The van der Waals surface area contributed by atoms with Crippen LogP contribution in [0.25, 0.3) is 0 Å². The molecule has 2 amide bonds. The van der Waals surface area contributed by atoms with E-state index in [1.807, 2.05) is 30.3 Å². The van der Waals surface area contributed by atoms with Crippen molar-refractivity contribution in [2.75, 3.05) is 13.2 Å². The van der Waals surface area contributed by atoms with Crippen LogP contribution in [0.15, 0.2) is 30.3 Å². The minimum absolute atomic E-state index is 0.0324. The number of hydrogen-bond donors (Lipinski definition) is 2. The topological polar surface area (TPSA) is 67.4 Å². The van der Waals surface area contributed by atoms with Gasteiger partial charge < -0.3 is 15.4 Å². The molecule has 20 heavy (non-hydrogen) atoms. The summed E-state index contributed by atoms with van der Waals surface area (Å²) < 4.78 is 4.73. The Bertz CT molecular complexity index is 407. The highest BCUT2D eigenvalue weighted by Crippen LogP contribution is 1.99. The number of benzene rings is 1. The molecule has 0 saturated carbocycles. The Morgan fingerprint density at radius 1 is 1.10 bits per heavy atom. The molecule has 0 aliphatic heterocycles. The Morgan fingerprint density at radius 3 is 2.55 bits per heavy atom. The first kappa shape index (κ1) is 16.0. The maximum absolute atomic E-state index is 11.6. The van der Waals surface area contributed by atoms with Crippen LogP contribution in [0.4, 0.5) is 4.79 Å². The van der Waals surface area contributed by atoms with Gasteiger partial charge in [-0.15, -0.1) is 0 Å². The quantitative estimate of drug-likeness (QED) is 0.716. The molecule has 0 saturated heterocycles. The third-order valence-electron chi connectivity index (χ3n) is 2.71. The minimum Gasteiger partial charge on any atom is -0.450 e. The number of carbonyl (C=O) groups is 2. The summed E-state index contributed by atoms with van der Waals surface area (Å²) in [5.74, 6) is 0.0324. The van der Waals surface area contributed by atoms with E-state index in [9.17, 15) is 9.59 Å². The number of alkyl carbamates (subject to hydrolysis) is 1. The first-order valence-corrected chi connectivity index (χ1v) is 6.93. The summed E-state index contributed by atoms with van der Waals surface area (Å²) >= 11 is 0. The average molecular weight is 278 g/mol. The van der Waals surface area contributed by atoms with Crippen LogP contribution in [0.1, 0.15) is 31.7 Å². The minimum atomic E-state index is -0.402. The zero-order valence-electron chi connectivity index (χ0n) is 11.9. The molecular weight excluding hydrogens is 256 g/mol. The van der Waals surface area contributed by atoms with Crippen LogP contribution in [0.5, 0.6) is 0 Å². The molecule has 0 aliphatic rings. The third-order valence-corrected chi connectivity index (χ3v) is 2.71. The monoisotopic (exact) mass is 278 g/mol. The molecule has 110 valence electrons. The largest absolute Gasteiger partial charge is 0.450 e. The van der Waals surface area contributed by atoms with E-state index in [1.54, 1.807) is 6.92 Å². The van der Waals surface area contributed by atoms with E-state index in [0.29, 0.717) is 26.1 Å². The van der Waals surface area contributed by atoms with Gasteiger partial charge in [0.1, 0.15) is 0 Å². The van der Waals surface area contributed by atoms with Gasteiger partial charge in [0.2, 0.25) is 5.91 Å². The van der Waals surface area contributed by atoms with E-state index in [0.717, 1.165) is 18.4 Å². The molecular formula is C15H22N2O3. The third kappa shape index (κ3) is 7.41. The van der Waals surface area contributed by atoms with Gasteiger partial charge in [0, 0.05) is 19.5 Å². The second-order valence-corrected chi connectivity index (χ2v) is 4.37. The van der Waals surface area contributed by atoms with E-state index < -0.39 is 6.09 Å². The zero-order valence-corrected chi connectivity index (χ0v) is 11.9. The lowest BCUT2D eigenvalue weighted by Gasteiger charge is -2.06. The maximum Gasteiger partial charge on any atom is 0.407 e. The van der Waals surface area contributed by atoms with Crippen molar-refractivity contribution >= 4 is 12.0 Å². The Hall–Kier alpha value is -2.04. The van der Waals surface area contributed by atoms with Gasteiger partial charge in [-0.2, -0.15) is 0 Å². The Labute approximate surface area is 119 Å². The molecule has 0 spiro atoms. The molecule has 0 aliphatic carbocycles. The predicted molar refractivity (Wildman–Crippen MR) is 77.2 cm³/mol. The summed E-state index contributed by atoms with van der Waals surface area (Å²) in [6, 6.07) is 9.79. The fraction of sp³-hybridized carbons (Fsp3) is 0.467. The highest BCUT2D eigenvalue weighted by atomic mass is 16.5. The van der Waals surface area contributed by atoms with E-state index in [4.69, 9.17) is 4.74 Å². The van der Waals surface area contributed by atoms with Crippen LogP contribution in [0, 0.1) is 0 Å². The van der Waals surface area contributed by atoms with Crippen molar-refractivity contribution in [2.24, 2.45) is 0 Å². The van der Waals surface area contributed by atoms with Crippen molar-refractivity contribution in [1.29, 1.82) is 0 Å². The first-order valence-electron chi connectivity index (χ1n) is 6.93. The van der Waals surface area contributed by atoms with Gasteiger partial charge in [0.15, 0.2) is 0 Å². The molecule has 5 nitrogen and oxygen atoms in total. The van der Waals surface area contributed by atoms with Crippen molar-refractivity contribution in [2.45, 2.75) is 32.7 Å². The van der Waals surface area contributed by atoms with E-state index in [-0.39, 0.29) is 5.91 Å². The number of amides is 2. The molecule has 1 aromatic rings. The predicted octanol–water partition coefficient (Wildman–Crippen LogP) is 2.22. The molecule has 0 bridgehead atoms. The summed E-state index contributed by atoms with van der Waals surface area (Å²) in [7, 11) is 0. The van der Waals surface area contributed by atoms with Gasteiger partial charge in [-0.3, -0.25) is 4.79 Å². The SMILES string of the molecule is CCOC(=O)NCCCCC(=O)NCc1ccccc1. The number of nitrogens with one attached hydrogen (secondary N) is 2. The molecule has 0 aromatic heterocycles. The van der Waals surface area contributed by atoms with Crippen molar-refractivity contribution in [3.05, 3.63) is 35.9 Å². The van der Waals surface area contributed by atoms with Crippen LogP contribution in [0.3, 0.4) is 0 Å². The first-order chi connectivity index (χ1) is 9.72. The van der Waals surface area contributed by atoms with Gasteiger partial charge in [0.25, 0.3) is 0 Å². The van der Waals surface area contributed by atoms with Crippen molar-refractivity contribution < 1.29 is 14.3 Å². The van der Waals surface area contributed by atoms with E-state index in [1.165, 1.54) is 0 Å². The summed E-state index contributed by atoms with van der Waals surface area (Å²) in [6.07, 6.45) is 1.57. The Balaban J connectivity index is 2.02. The van der Waals surface area contributed by atoms with Crippen molar-refractivity contribution in [1.82, 2.24) is 10.6 Å². The van der Waals surface area contributed by atoms with Crippen molar-refractivity contribution in [3.8, 4) is 0 Å². The zero-order chi connectivity index (χ0) is 14.6. The maximum atomic E-state index is 11.6. The standard InChI is InChI=1S/C15H22N2O3/c1-2-20-15(19)16-11-7-6-10-14(18)17-12-13-8-4-3-5-9-13/h3-5,8-9H,2,6-7,10-12H2,1H3,(H,16,19)(H,17,18). The number of hydrogen-bond acceptors (Lipinski definition) is 3. The second kappa shape index (κ2) is 9.83. The number of rotatable bonds is 8. The lowest BCUT2D eigenvalue weighted by atomic mass is 10.2. The van der Waals surface area contributed by atoms with Crippen molar-refractivity contribution in [3.63, 3.8) is 0 Å². The molecule has 1 aromatic carbocycles. The summed E-state index contributed by atoms with van der Waals surface area (Å²) in [5.41, 5.74) is 1.09. The van der Waals surface area contributed by atoms with Gasteiger partial charge in [-0.05, 0) is 25.3 Å². The van der Waals surface area contributed by atoms with Crippen LogP contribution >= 0.6 is 0 Å². The lowest BCUT2D eigenvalue weighted by molar-refractivity contribution is -0.121. The van der Waals surface area contributed by atoms with E-state index in [2.05, 4.69) is 10.6 Å². The van der Waals surface area contributed by atoms with Gasteiger partial charge in [-0.1, -0.05) is 30.3 Å². The smallest absolute Gasteiger partial charge is 0.407 e. The highest BCUT2D eigenvalue weighted by Gasteiger charge is 2.02. The fourth-order valence-corrected chi connectivity index (χ4v) is 1.67. The normalized spacial score (nSPS) is 9.85. The van der Waals surface area contributed by atoms with Gasteiger partial charge in [0.05, 0.1) is 6.61 Å². The molecule has 2 N–H and O–H groups in total. The molecule has 0 fully saturated rings. The van der Waals surface area contributed by atoms with E-state index >= 15 is 0 Å². The number of unbranched alkanes of at least 4 members (excludes halogenated alkanes) is 1. The summed E-state index contributed by atoms with van der Waals surface area (Å²) in [5, 5.41) is 5.49.